The van der Waals surface area contributed by atoms with E-state index < -0.39 is 17.7 Å². The molecule has 1 saturated heterocycles. The van der Waals surface area contributed by atoms with Gasteiger partial charge in [-0.3, -0.25) is 4.98 Å². The van der Waals surface area contributed by atoms with E-state index in [1.54, 1.807) is 18.3 Å². The van der Waals surface area contributed by atoms with Gasteiger partial charge in [0, 0.05) is 36.2 Å². The van der Waals surface area contributed by atoms with Gasteiger partial charge in [-0.2, -0.15) is 0 Å². The van der Waals surface area contributed by atoms with Gasteiger partial charge >= 0.3 is 0 Å². The Kier molecular flexibility index (Phi) is 9.09. The van der Waals surface area contributed by atoms with Gasteiger partial charge in [0.15, 0.2) is 0 Å². The Hall–Kier alpha value is -2.78. The fourth-order valence-corrected chi connectivity index (χ4v) is 4.73. The van der Waals surface area contributed by atoms with Crippen molar-refractivity contribution in [3.63, 3.8) is 0 Å². The van der Waals surface area contributed by atoms with Crippen LogP contribution < -0.4 is 5.32 Å². The van der Waals surface area contributed by atoms with Crippen LogP contribution in [0.1, 0.15) is 36.8 Å². The highest BCUT2D eigenvalue weighted by molar-refractivity contribution is 5.81. The van der Waals surface area contributed by atoms with Crippen molar-refractivity contribution in [2.75, 3.05) is 13.2 Å². The molecule has 1 aromatic heterocycles. The molecule has 0 spiro atoms. The standard InChI is InChI=1S/C28H31F3N2O3/c29-20-4-8-25(31)19(14-20)2-1-12-32-27-10-7-23(36-28(27)16-22(35)17-34)6-3-18-11-13-33-26-9-5-21(30)15-24(18)26/h1-2,4-5,8-9,11,13-15,22-23,27-28,32,34-35H,3,6-7,10,12,16-17H2/b2-1+/t22-,23-,27-,28-/m1/s1. The molecule has 36 heavy (non-hydrogen) atoms. The summed E-state index contributed by atoms with van der Waals surface area (Å²) in [6.07, 6.45) is 6.98. The zero-order chi connectivity index (χ0) is 25.5. The average Bonchev–Trinajstić information content (AvgIpc) is 2.88. The second-order valence-corrected chi connectivity index (χ2v) is 9.20. The number of aliphatic hydroxyl groups excluding tert-OH is 2. The highest BCUT2D eigenvalue weighted by atomic mass is 19.1. The molecule has 192 valence electrons. The van der Waals surface area contributed by atoms with Crippen LogP contribution in [0.5, 0.6) is 0 Å². The second kappa shape index (κ2) is 12.5. The molecule has 1 aliphatic heterocycles. The smallest absolute Gasteiger partial charge is 0.130 e. The van der Waals surface area contributed by atoms with Gasteiger partial charge in [0.1, 0.15) is 17.5 Å². The van der Waals surface area contributed by atoms with Crippen LogP contribution in [0.3, 0.4) is 0 Å². The summed E-state index contributed by atoms with van der Waals surface area (Å²) < 4.78 is 47.3. The molecule has 1 aliphatic rings. The molecule has 4 atom stereocenters. The lowest BCUT2D eigenvalue weighted by atomic mass is 9.92. The third-order valence-electron chi connectivity index (χ3n) is 6.61. The van der Waals surface area contributed by atoms with Gasteiger partial charge in [-0.1, -0.05) is 12.2 Å². The van der Waals surface area contributed by atoms with Gasteiger partial charge in [-0.05, 0) is 73.7 Å². The first-order chi connectivity index (χ1) is 17.4. The maximum absolute atomic E-state index is 13.8. The number of rotatable bonds is 10. The van der Waals surface area contributed by atoms with Crippen LogP contribution in [0.15, 0.2) is 54.7 Å². The fraction of sp³-hybridized carbons (Fsp3) is 0.393. The van der Waals surface area contributed by atoms with E-state index in [1.165, 1.54) is 18.2 Å². The first kappa shape index (κ1) is 26.3. The van der Waals surface area contributed by atoms with E-state index in [1.807, 2.05) is 6.07 Å². The number of hydrogen-bond acceptors (Lipinski definition) is 5. The number of aryl methyl sites for hydroxylation is 1. The summed E-state index contributed by atoms with van der Waals surface area (Å²) in [6.45, 7) is 0.0551. The minimum Gasteiger partial charge on any atom is -0.394 e. The number of halogens is 3. The predicted molar refractivity (Wildman–Crippen MR) is 133 cm³/mol. The first-order valence-corrected chi connectivity index (χ1v) is 12.3. The van der Waals surface area contributed by atoms with Crippen LogP contribution in [0, 0.1) is 17.5 Å². The van der Waals surface area contributed by atoms with Crippen LogP contribution in [0.2, 0.25) is 0 Å². The van der Waals surface area contributed by atoms with E-state index >= 15 is 0 Å². The Morgan fingerprint density at radius 1 is 1.08 bits per heavy atom. The largest absolute Gasteiger partial charge is 0.394 e. The van der Waals surface area contributed by atoms with E-state index in [4.69, 9.17) is 4.74 Å². The molecular weight excluding hydrogens is 469 g/mol. The topological polar surface area (TPSA) is 74.6 Å². The van der Waals surface area contributed by atoms with Gasteiger partial charge in [-0.15, -0.1) is 0 Å². The maximum Gasteiger partial charge on any atom is 0.130 e. The van der Waals surface area contributed by atoms with Crippen molar-refractivity contribution in [3.8, 4) is 0 Å². The van der Waals surface area contributed by atoms with E-state index in [9.17, 15) is 23.4 Å². The molecule has 0 unspecified atom stereocenters. The number of benzene rings is 2. The lowest BCUT2D eigenvalue weighted by Gasteiger charge is -2.38. The highest BCUT2D eigenvalue weighted by Crippen LogP contribution is 2.27. The lowest BCUT2D eigenvalue weighted by Crippen LogP contribution is -2.49. The third-order valence-corrected chi connectivity index (χ3v) is 6.61. The van der Waals surface area contributed by atoms with Crippen molar-refractivity contribution in [2.45, 2.75) is 56.5 Å². The zero-order valence-corrected chi connectivity index (χ0v) is 19.9. The van der Waals surface area contributed by atoms with E-state index in [2.05, 4.69) is 10.3 Å². The molecule has 0 saturated carbocycles. The fourth-order valence-electron chi connectivity index (χ4n) is 4.73. The monoisotopic (exact) mass is 500 g/mol. The van der Waals surface area contributed by atoms with Gasteiger partial charge in [0.25, 0.3) is 0 Å². The summed E-state index contributed by atoms with van der Waals surface area (Å²) in [5.74, 6) is -1.30. The molecule has 2 heterocycles. The molecule has 4 rings (SSSR count). The highest BCUT2D eigenvalue weighted by Gasteiger charge is 2.32. The number of pyridine rings is 1. The van der Waals surface area contributed by atoms with Crippen LogP contribution in [0.25, 0.3) is 17.0 Å². The Balaban J connectivity index is 1.36. The van der Waals surface area contributed by atoms with E-state index in [0.717, 1.165) is 53.9 Å². The summed E-state index contributed by atoms with van der Waals surface area (Å²) in [5.41, 5.74) is 1.93. The van der Waals surface area contributed by atoms with Gasteiger partial charge in [0.2, 0.25) is 0 Å². The molecule has 8 heteroatoms. The predicted octanol–water partition coefficient (Wildman–Crippen LogP) is 4.55. The Morgan fingerprint density at radius 2 is 1.89 bits per heavy atom. The first-order valence-electron chi connectivity index (χ1n) is 12.3. The summed E-state index contributed by atoms with van der Waals surface area (Å²) >= 11 is 0. The van der Waals surface area contributed by atoms with Crippen molar-refractivity contribution in [1.82, 2.24) is 10.3 Å². The quantitative estimate of drug-likeness (QED) is 0.381. The maximum atomic E-state index is 13.8. The second-order valence-electron chi connectivity index (χ2n) is 9.20. The molecular formula is C28H31F3N2O3. The molecule has 1 fully saturated rings. The number of ether oxygens (including phenoxy) is 1. The van der Waals surface area contributed by atoms with Gasteiger partial charge < -0.3 is 20.3 Å². The minimum atomic E-state index is -0.901. The zero-order valence-electron chi connectivity index (χ0n) is 19.9. The van der Waals surface area contributed by atoms with Crippen LogP contribution in [0.4, 0.5) is 13.2 Å². The SMILES string of the molecule is OC[C@H](O)C[C@H]1O[C@H](CCc2ccnc3ccc(F)cc23)CC[C@H]1NC/C=C/c1cc(F)ccc1F. The average molecular weight is 501 g/mol. The molecule has 0 amide bonds. The molecule has 5 nitrogen and oxygen atoms in total. The third kappa shape index (κ3) is 6.91. The van der Waals surface area contributed by atoms with Gasteiger partial charge in [-0.25, -0.2) is 13.2 Å². The summed E-state index contributed by atoms with van der Waals surface area (Å²) in [7, 11) is 0. The number of aliphatic hydroxyl groups is 2. The van der Waals surface area contributed by atoms with Crippen molar-refractivity contribution < 1.29 is 28.1 Å². The van der Waals surface area contributed by atoms with E-state index in [-0.39, 0.29) is 42.7 Å². The summed E-state index contributed by atoms with van der Waals surface area (Å²) in [5, 5.41) is 23.5. The normalized spacial score (nSPS) is 21.3. The van der Waals surface area contributed by atoms with Crippen molar-refractivity contribution in [2.24, 2.45) is 0 Å². The Morgan fingerprint density at radius 3 is 2.72 bits per heavy atom. The summed E-state index contributed by atoms with van der Waals surface area (Å²) in [4.78, 5) is 4.30. The van der Waals surface area contributed by atoms with Crippen molar-refractivity contribution in [3.05, 3.63) is 83.3 Å². The minimum absolute atomic E-state index is 0.0485. The van der Waals surface area contributed by atoms with Gasteiger partial charge in [0.05, 0.1) is 30.4 Å². The molecule has 0 aliphatic carbocycles. The van der Waals surface area contributed by atoms with Crippen LogP contribution in [-0.4, -0.2) is 52.7 Å². The van der Waals surface area contributed by atoms with Crippen molar-refractivity contribution >= 4 is 17.0 Å². The Labute approximate surface area is 208 Å². The van der Waals surface area contributed by atoms with E-state index in [0.29, 0.717) is 13.0 Å². The number of nitrogens with one attached hydrogen (secondary N) is 1. The lowest BCUT2D eigenvalue weighted by molar-refractivity contribution is -0.0917. The molecule has 0 radical (unpaired) electrons. The number of nitrogens with zero attached hydrogens (tertiary/aromatic N) is 1. The number of aromatic nitrogens is 1. The molecule has 3 aromatic rings. The number of hydrogen-bond donors (Lipinski definition) is 3. The van der Waals surface area contributed by atoms with Crippen LogP contribution >= 0.6 is 0 Å². The Bertz CT molecular complexity index is 1190. The van der Waals surface area contributed by atoms with Crippen molar-refractivity contribution in [1.29, 1.82) is 0 Å². The molecule has 0 bridgehead atoms. The van der Waals surface area contributed by atoms with Crippen LogP contribution in [-0.2, 0) is 11.2 Å². The molecule has 3 N–H and O–H groups in total. The summed E-state index contributed by atoms with van der Waals surface area (Å²) in [6, 6.07) is 9.71. The number of fused-ring (bicyclic) bond motifs is 1. The molecule has 2 aromatic carbocycles.